The molecule has 0 unspecified atom stereocenters. The first-order chi connectivity index (χ1) is 6.27. The lowest BCUT2D eigenvalue weighted by atomic mass is 9.87. The van der Waals surface area contributed by atoms with Crippen LogP contribution >= 0.6 is 0 Å². The van der Waals surface area contributed by atoms with E-state index in [1.54, 1.807) is 13.8 Å². The molecule has 0 aliphatic carbocycles. The Morgan fingerprint density at radius 1 is 1.43 bits per heavy atom. The van der Waals surface area contributed by atoms with E-state index in [-0.39, 0.29) is 36.0 Å². The van der Waals surface area contributed by atoms with Crippen LogP contribution in [0.25, 0.3) is 0 Å². The maximum atomic E-state index is 14.1. The van der Waals surface area contributed by atoms with Crippen LogP contribution in [-0.4, -0.2) is 33.0 Å². The van der Waals surface area contributed by atoms with Crippen LogP contribution in [0.2, 0.25) is 0 Å². The average Bonchev–Trinajstić information content (AvgIpc) is 2.09. The van der Waals surface area contributed by atoms with Gasteiger partial charge in [0.15, 0.2) is 11.5 Å². The molecule has 1 aliphatic heterocycles. The van der Waals surface area contributed by atoms with Crippen LogP contribution in [0.3, 0.4) is 0 Å². The fraction of sp³-hybridized carbons (Fsp3) is 0.800. The van der Waals surface area contributed by atoms with Crippen LogP contribution in [0, 0.1) is 5.92 Å². The number of hydrogen-bond donors (Lipinski definition) is 0. The van der Waals surface area contributed by atoms with Crippen molar-refractivity contribution in [1.29, 1.82) is 0 Å². The van der Waals surface area contributed by atoms with E-state index < -0.39 is 15.2 Å². The summed E-state index contributed by atoms with van der Waals surface area (Å²) in [6, 6.07) is 0. The van der Waals surface area contributed by atoms with Gasteiger partial charge in [-0.15, -0.1) is 0 Å². The first kappa shape index (κ1) is 11.7. The smallest absolute Gasteiger partial charge is 0.172 e. The third kappa shape index (κ3) is 2.35. The predicted molar refractivity (Wildman–Crippen MR) is 57.9 cm³/mol. The SMILES string of the molecule is C=S1(=O)CCC(F)(C(=O)C(C)C)CC1. The van der Waals surface area contributed by atoms with Crippen LogP contribution in [0.4, 0.5) is 4.39 Å². The summed E-state index contributed by atoms with van der Waals surface area (Å²) in [6.07, 6.45) is 0.151. The van der Waals surface area contributed by atoms with E-state index in [2.05, 4.69) is 5.87 Å². The molecule has 0 aromatic rings. The Balaban J connectivity index is 2.76. The second-order valence-corrected chi connectivity index (χ2v) is 7.11. The van der Waals surface area contributed by atoms with Gasteiger partial charge in [0.1, 0.15) is 0 Å². The monoisotopic (exact) mass is 220 g/mol. The quantitative estimate of drug-likeness (QED) is 0.660. The van der Waals surface area contributed by atoms with E-state index in [1.807, 2.05) is 0 Å². The fourth-order valence-corrected chi connectivity index (χ4v) is 3.28. The van der Waals surface area contributed by atoms with Crippen LogP contribution in [0.5, 0.6) is 0 Å². The Morgan fingerprint density at radius 3 is 2.21 bits per heavy atom. The highest BCUT2D eigenvalue weighted by Crippen LogP contribution is 2.31. The highest BCUT2D eigenvalue weighted by Gasteiger charge is 2.42. The Hall–Kier alpha value is -0.380. The topological polar surface area (TPSA) is 34.1 Å². The zero-order valence-corrected chi connectivity index (χ0v) is 9.53. The summed E-state index contributed by atoms with van der Waals surface area (Å²) in [4.78, 5) is 11.5. The molecule has 1 fully saturated rings. The summed E-state index contributed by atoms with van der Waals surface area (Å²) in [5.41, 5.74) is -1.74. The highest BCUT2D eigenvalue weighted by atomic mass is 32.2. The van der Waals surface area contributed by atoms with Crippen molar-refractivity contribution in [3.8, 4) is 0 Å². The van der Waals surface area contributed by atoms with Gasteiger partial charge in [0.05, 0.1) is 0 Å². The Kier molecular flexibility index (Phi) is 3.04. The number of hydrogen-bond acceptors (Lipinski definition) is 2. The third-order valence-electron chi connectivity index (χ3n) is 2.71. The lowest BCUT2D eigenvalue weighted by molar-refractivity contribution is -0.134. The van der Waals surface area contributed by atoms with Crippen LogP contribution in [0.1, 0.15) is 26.7 Å². The van der Waals surface area contributed by atoms with Crippen molar-refractivity contribution < 1.29 is 13.4 Å². The molecule has 0 aromatic heterocycles. The Labute approximate surface area is 84.9 Å². The van der Waals surface area contributed by atoms with Gasteiger partial charge in [0, 0.05) is 17.4 Å². The maximum absolute atomic E-state index is 14.1. The molecule has 0 saturated carbocycles. The molecular formula is C10H17FO2S. The van der Waals surface area contributed by atoms with Gasteiger partial charge in [-0.25, -0.2) is 4.39 Å². The molecule has 14 heavy (non-hydrogen) atoms. The van der Waals surface area contributed by atoms with E-state index in [9.17, 15) is 13.4 Å². The minimum absolute atomic E-state index is 0.0757. The van der Waals surface area contributed by atoms with Gasteiger partial charge in [-0.1, -0.05) is 13.8 Å². The molecule has 0 aromatic carbocycles. The molecule has 0 N–H and O–H groups in total. The number of halogens is 1. The van der Waals surface area contributed by atoms with Gasteiger partial charge in [-0.05, 0) is 28.2 Å². The minimum Gasteiger partial charge on any atom is -0.296 e. The second-order valence-electron chi connectivity index (χ2n) is 4.36. The van der Waals surface area contributed by atoms with Gasteiger partial charge >= 0.3 is 0 Å². The van der Waals surface area contributed by atoms with Crippen molar-refractivity contribution in [2.75, 3.05) is 11.5 Å². The van der Waals surface area contributed by atoms with E-state index in [4.69, 9.17) is 0 Å². The number of carbonyl (C=O) groups excluding carboxylic acids is 1. The number of ketones is 1. The Morgan fingerprint density at radius 2 is 1.86 bits per heavy atom. The largest absolute Gasteiger partial charge is 0.296 e. The van der Waals surface area contributed by atoms with Gasteiger partial charge in [-0.2, -0.15) is 0 Å². The molecule has 1 rings (SSSR count). The summed E-state index contributed by atoms with van der Waals surface area (Å²) >= 11 is 0. The zero-order chi connectivity index (χ0) is 11.0. The summed E-state index contributed by atoms with van der Waals surface area (Å²) in [5.74, 6) is 3.38. The predicted octanol–water partition coefficient (Wildman–Crippen LogP) is 1.43. The average molecular weight is 220 g/mol. The standard InChI is InChI=1S/C10H17FO2S/c1-8(2)9(12)10(11)4-6-14(3,13)7-5-10/h8H,3-7H2,1-2H3. The zero-order valence-electron chi connectivity index (χ0n) is 8.72. The van der Waals surface area contributed by atoms with Crippen molar-refractivity contribution in [3.63, 3.8) is 0 Å². The van der Waals surface area contributed by atoms with Crippen molar-refractivity contribution >= 4 is 21.2 Å². The van der Waals surface area contributed by atoms with Crippen LogP contribution in [0.15, 0.2) is 0 Å². The number of alkyl halides is 1. The Bertz CT molecular complexity index is 316. The molecule has 82 valence electrons. The van der Waals surface area contributed by atoms with Crippen molar-refractivity contribution in [3.05, 3.63) is 0 Å². The summed E-state index contributed by atoms with van der Waals surface area (Å²) < 4.78 is 25.6. The molecule has 1 heterocycles. The lowest BCUT2D eigenvalue weighted by Gasteiger charge is -2.31. The normalized spacial score (nSPS) is 38.6. The van der Waals surface area contributed by atoms with Gasteiger partial charge in [0.25, 0.3) is 0 Å². The summed E-state index contributed by atoms with van der Waals surface area (Å²) in [7, 11) is -2.11. The van der Waals surface area contributed by atoms with Crippen LogP contribution in [-0.2, 0) is 14.3 Å². The highest BCUT2D eigenvalue weighted by molar-refractivity contribution is 8.00. The molecule has 0 amide bonds. The van der Waals surface area contributed by atoms with Gasteiger partial charge < -0.3 is 0 Å². The molecule has 1 aliphatic rings. The second kappa shape index (κ2) is 3.65. The fourth-order valence-electron chi connectivity index (χ4n) is 1.69. The summed E-state index contributed by atoms with van der Waals surface area (Å²) in [5, 5.41) is 0. The molecule has 0 bridgehead atoms. The molecule has 0 atom stereocenters. The van der Waals surface area contributed by atoms with Crippen molar-refractivity contribution in [2.45, 2.75) is 32.4 Å². The first-order valence-electron chi connectivity index (χ1n) is 4.83. The van der Waals surface area contributed by atoms with Gasteiger partial charge in [0.2, 0.25) is 0 Å². The van der Waals surface area contributed by atoms with Crippen LogP contribution < -0.4 is 0 Å². The number of rotatable bonds is 2. The lowest BCUT2D eigenvalue weighted by Crippen LogP contribution is -2.44. The number of carbonyl (C=O) groups is 1. The van der Waals surface area contributed by atoms with Gasteiger partial charge in [-0.3, -0.25) is 9.00 Å². The third-order valence-corrected chi connectivity index (χ3v) is 4.60. The first-order valence-corrected chi connectivity index (χ1v) is 6.89. The summed E-state index contributed by atoms with van der Waals surface area (Å²) in [6.45, 7) is 3.39. The van der Waals surface area contributed by atoms with Crippen molar-refractivity contribution in [2.24, 2.45) is 5.92 Å². The molecule has 0 radical (unpaired) electrons. The molecule has 2 nitrogen and oxygen atoms in total. The van der Waals surface area contributed by atoms with Crippen molar-refractivity contribution in [1.82, 2.24) is 0 Å². The van der Waals surface area contributed by atoms with E-state index in [0.29, 0.717) is 0 Å². The molecule has 0 spiro atoms. The van der Waals surface area contributed by atoms with E-state index >= 15 is 0 Å². The van der Waals surface area contributed by atoms with E-state index in [0.717, 1.165) is 0 Å². The molecule has 4 heteroatoms. The molecule has 1 saturated heterocycles. The minimum atomic E-state index is -2.11. The maximum Gasteiger partial charge on any atom is 0.172 e. The van der Waals surface area contributed by atoms with E-state index in [1.165, 1.54) is 0 Å². The number of Topliss-reactive ketones (excluding diaryl/α,β-unsaturated/α-hetero) is 1. The molecular weight excluding hydrogens is 203 g/mol.